The Labute approximate surface area is 170 Å². The SMILES string of the molecule is O=C(CCCc1ccccc1)N1CCN(c2nccn2-c2ccccc2F)CC1. The molecule has 0 atom stereocenters. The number of aromatic nitrogens is 2. The van der Waals surface area contributed by atoms with Crippen molar-refractivity contribution in [1.29, 1.82) is 0 Å². The van der Waals surface area contributed by atoms with Crippen molar-refractivity contribution in [3.8, 4) is 5.69 Å². The van der Waals surface area contributed by atoms with E-state index in [2.05, 4.69) is 22.0 Å². The zero-order valence-corrected chi connectivity index (χ0v) is 16.4. The number of halogens is 1. The molecule has 4 rings (SSSR count). The van der Waals surface area contributed by atoms with Gasteiger partial charge in [0.2, 0.25) is 11.9 Å². The second kappa shape index (κ2) is 8.90. The molecule has 0 saturated carbocycles. The predicted molar refractivity (Wildman–Crippen MR) is 112 cm³/mol. The van der Waals surface area contributed by atoms with Crippen molar-refractivity contribution in [2.24, 2.45) is 0 Å². The highest BCUT2D eigenvalue weighted by Crippen LogP contribution is 2.22. The van der Waals surface area contributed by atoms with Crippen molar-refractivity contribution < 1.29 is 9.18 Å². The molecule has 0 aliphatic carbocycles. The molecule has 0 bridgehead atoms. The van der Waals surface area contributed by atoms with E-state index in [-0.39, 0.29) is 11.7 Å². The third-order valence-electron chi connectivity index (χ3n) is 5.35. The van der Waals surface area contributed by atoms with E-state index >= 15 is 0 Å². The fraction of sp³-hybridized carbons (Fsp3) is 0.304. The first-order valence-electron chi connectivity index (χ1n) is 10.1. The van der Waals surface area contributed by atoms with Crippen LogP contribution in [0.5, 0.6) is 0 Å². The molecular formula is C23H25FN4O. The van der Waals surface area contributed by atoms with E-state index < -0.39 is 0 Å². The van der Waals surface area contributed by atoms with Gasteiger partial charge in [-0.2, -0.15) is 0 Å². The Morgan fingerprint density at radius 3 is 2.45 bits per heavy atom. The van der Waals surface area contributed by atoms with Crippen molar-refractivity contribution in [2.75, 3.05) is 31.1 Å². The average Bonchev–Trinajstić information content (AvgIpc) is 3.24. The first kappa shape index (κ1) is 19.2. The number of carbonyl (C=O) groups excluding carboxylic acids is 1. The van der Waals surface area contributed by atoms with Gasteiger partial charge in [0, 0.05) is 45.0 Å². The van der Waals surface area contributed by atoms with Crippen molar-refractivity contribution in [1.82, 2.24) is 14.5 Å². The standard InChI is InChI=1S/C23H25FN4O/c24-20-10-4-5-11-21(20)28-14-13-25-23(28)27-17-15-26(16-18-27)22(29)12-6-9-19-7-2-1-3-8-19/h1-5,7-8,10-11,13-14H,6,9,12,15-18H2. The van der Waals surface area contributed by atoms with Gasteiger partial charge in [-0.15, -0.1) is 0 Å². The van der Waals surface area contributed by atoms with Crippen LogP contribution in [-0.4, -0.2) is 46.5 Å². The molecule has 1 amide bonds. The molecule has 1 aliphatic heterocycles. The zero-order chi connectivity index (χ0) is 20.1. The minimum atomic E-state index is -0.279. The van der Waals surface area contributed by atoms with E-state index in [1.807, 2.05) is 29.2 Å². The second-order valence-electron chi connectivity index (χ2n) is 7.26. The number of rotatable bonds is 6. The van der Waals surface area contributed by atoms with E-state index in [9.17, 15) is 9.18 Å². The number of hydrogen-bond acceptors (Lipinski definition) is 3. The van der Waals surface area contributed by atoms with E-state index in [0.717, 1.165) is 12.8 Å². The number of anilines is 1. The summed E-state index contributed by atoms with van der Waals surface area (Å²) in [5.41, 5.74) is 1.75. The quantitative estimate of drug-likeness (QED) is 0.643. The van der Waals surface area contributed by atoms with Crippen LogP contribution in [0.3, 0.4) is 0 Å². The van der Waals surface area contributed by atoms with Gasteiger partial charge < -0.3 is 9.80 Å². The van der Waals surface area contributed by atoms with Crippen LogP contribution in [0.15, 0.2) is 67.0 Å². The Morgan fingerprint density at radius 2 is 1.69 bits per heavy atom. The second-order valence-corrected chi connectivity index (χ2v) is 7.26. The van der Waals surface area contributed by atoms with Gasteiger partial charge in [-0.05, 0) is 30.5 Å². The lowest BCUT2D eigenvalue weighted by Gasteiger charge is -2.35. The maximum Gasteiger partial charge on any atom is 0.222 e. The normalized spacial score (nSPS) is 14.2. The summed E-state index contributed by atoms with van der Waals surface area (Å²) >= 11 is 0. The Morgan fingerprint density at radius 1 is 0.966 bits per heavy atom. The summed E-state index contributed by atoms with van der Waals surface area (Å²) in [5, 5.41) is 0. The van der Waals surface area contributed by atoms with Crippen molar-refractivity contribution >= 4 is 11.9 Å². The summed E-state index contributed by atoms with van der Waals surface area (Å²) in [6, 6.07) is 16.9. The van der Waals surface area contributed by atoms with Crippen LogP contribution in [0.2, 0.25) is 0 Å². The number of carbonyl (C=O) groups is 1. The lowest BCUT2D eigenvalue weighted by atomic mass is 10.1. The van der Waals surface area contributed by atoms with Crippen LogP contribution in [0.4, 0.5) is 10.3 Å². The molecule has 150 valence electrons. The molecule has 6 heteroatoms. The number of benzene rings is 2. The fourth-order valence-electron chi connectivity index (χ4n) is 3.77. The summed E-state index contributed by atoms with van der Waals surface area (Å²) in [6.45, 7) is 2.70. The van der Waals surface area contributed by atoms with E-state index in [1.165, 1.54) is 11.6 Å². The smallest absolute Gasteiger partial charge is 0.222 e. The Bertz CT molecular complexity index is 948. The third-order valence-corrected chi connectivity index (χ3v) is 5.35. The van der Waals surface area contributed by atoms with E-state index in [0.29, 0.717) is 44.2 Å². The molecule has 1 saturated heterocycles. The van der Waals surface area contributed by atoms with Crippen molar-refractivity contribution in [2.45, 2.75) is 19.3 Å². The number of para-hydroxylation sites is 1. The maximum absolute atomic E-state index is 14.2. The first-order valence-corrected chi connectivity index (χ1v) is 10.1. The molecule has 2 heterocycles. The number of amides is 1. The first-order chi connectivity index (χ1) is 14.2. The Hall–Kier alpha value is -3.15. The Balaban J connectivity index is 1.32. The van der Waals surface area contributed by atoms with Crippen molar-refractivity contribution in [3.05, 3.63) is 78.4 Å². The van der Waals surface area contributed by atoms with Crippen molar-refractivity contribution in [3.63, 3.8) is 0 Å². The topological polar surface area (TPSA) is 41.4 Å². The lowest BCUT2D eigenvalue weighted by molar-refractivity contribution is -0.131. The van der Waals surface area contributed by atoms with Crippen LogP contribution < -0.4 is 4.90 Å². The minimum absolute atomic E-state index is 0.207. The Kier molecular flexibility index (Phi) is 5.89. The van der Waals surface area contributed by atoms with Crippen LogP contribution in [0.25, 0.3) is 5.69 Å². The van der Waals surface area contributed by atoms with Crippen LogP contribution in [0.1, 0.15) is 18.4 Å². The molecule has 1 aliphatic rings. The summed E-state index contributed by atoms with van der Waals surface area (Å²) in [4.78, 5) is 21.0. The number of aryl methyl sites for hydroxylation is 1. The number of piperazine rings is 1. The summed E-state index contributed by atoms with van der Waals surface area (Å²) in [5.74, 6) is 0.642. The molecule has 0 unspecified atom stereocenters. The average molecular weight is 392 g/mol. The molecule has 3 aromatic rings. The molecule has 29 heavy (non-hydrogen) atoms. The molecule has 0 radical (unpaired) electrons. The number of imidazole rings is 1. The third kappa shape index (κ3) is 4.47. The molecule has 0 N–H and O–H groups in total. The molecule has 1 aromatic heterocycles. The van der Waals surface area contributed by atoms with Crippen LogP contribution in [0, 0.1) is 5.82 Å². The van der Waals surface area contributed by atoms with Gasteiger partial charge in [-0.1, -0.05) is 42.5 Å². The van der Waals surface area contributed by atoms with Gasteiger partial charge in [-0.25, -0.2) is 9.37 Å². The highest BCUT2D eigenvalue weighted by molar-refractivity contribution is 5.76. The fourth-order valence-corrected chi connectivity index (χ4v) is 3.77. The van der Waals surface area contributed by atoms with Gasteiger partial charge in [0.05, 0.1) is 5.69 Å². The van der Waals surface area contributed by atoms with E-state index in [1.54, 1.807) is 29.1 Å². The molecule has 1 fully saturated rings. The lowest BCUT2D eigenvalue weighted by Crippen LogP contribution is -2.49. The zero-order valence-electron chi connectivity index (χ0n) is 16.4. The van der Waals surface area contributed by atoms with Gasteiger partial charge in [0.1, 0.15) is 5.82 Å². The molecule has 0 spiro atoms. The largest absolute Gasteiger partial charge is 0.339 e. The predicted octanol–water partition coefficient (Wildman–Crippen LogP) is 3.68. The number of hydrogen-bond donors (Lipinski definition) is 0. The summed E-state index contributed by atoms with van der Waals surface area (Å²) < 4.78 is 16.0. The maximum atomic E-state index is 14.2. The molecular weight excluding hydrogens is 367 g/mol. The minimum Gasteiger partial charge on any atom is -0.339 e. The summed E-state index contributed by atoms with van der Waals surface area (Å²) in [7, 11) is 0. The van der Waals surface area contributed by atoms with Gasteiger partial charge in [-0.3, -0.25) is 9.36 Å². The number of nitrogens with zero attached hydrogens (tertiary/aromatic N) is 4. The van der Waals surface area contributed by atoms with Crippen LogP contribution in [-0.2, 0) is 11.2 Å². The van der Waals surface area contributed by atoms with Crippen LogP contribution >= 0.6 is 0 Å². The highest BCUT2D eigenvalue weighted by atomic mass is 19.1. The van der Waals surface area contributed by atoms with E-state index in [4.69, 9.17) is 0 Å². The van der Waals surface area contributed by atoms with Gasteiger partial charge in [0.15, 0.2) is 0 Å². The molecule has 2 aromatic carbocycles. The van der Waals surface area contributed by atoms with Gasteiger partial charge >= 0.3 is 0 Å². The summed E-state index contributed by atoms with van der Waals surface area (Å²) in [6.07, 6.45) is 5.81. The highest BCUT2D eigenvalue weighted by Gasteiger charge is 2.24. The monoisotopic (exact) mass is 392 g/mol. The molecule has 5 nitrogen and oxygen atoms in total. The van der Waals surface area contributed by atoms with Gasteiger partial charge in [0.25, 0.3) is 0 Å².